The Morgan fingerprint density at radius 2 is 1.95 bits per heavy atom. The average Bonchev–Trinajstić information content (AvgIpc) is 3.22. The maximum absolute atomic E-state index is 3.61. The first kappa shape index (κ1) is 15.3. The minimum atomic E-state index is 0.789. The summed E-state index contributed by atoms with van der Waals surface area (Å²) in [5.41, 5.74) is 0. The molecule has 19 heavy (non-hydrogen) atoms. The van der Waals surface area contributed by atoms with Crippen LogP contribution in [0.4, 0.5) is 0 Å². The Kier molecular flexibility index (Phi) is 6.62. The van der Waals surface area contributed by atoms with Crippen molar-refractivity contribution in [3.8, 4) is 0 Å². The third-order valence-electron chi connectivity index (χ3n) is 4.63. The number of hydrogen-bond acceptors (Lipinski definition) is 3. The topological polar surface area (TPSA) is 18.5 Å². The summed E-state index contributed by atoms with van der Waals surface area (Å²) in [7, 11) is 2.27. The van der Waals surface area contributed by atoms with Crippen molar-refractivity contribution in [3.63, 3.8) is 0 Å². The zero-order chi connectivity index (χ0) is 13.5. The Bertz CT molecular complexity index is 240. The zero-order valence-electron chi connectivity index (χ0n) is 13.0. The van der Waals surface area contributed by atoms with Crippen molar-refractivity contribution < 1.29 is 0 Å². The van der Waals surface area contributed by atoms with Gasteiger partial charge in [0.25, 0.3) is 0 Å². The van der Waals surface area contributed by atoms with Crippen molar-refractivity contribution in [3.05, 3.63) is 0 Å². The molecule has 1 atom stereocenters. The van der Waals surface area contributed by atoms with Crippen LogP contribution >= 0.6 is 0 Å². The Balaban J connectivity index is 1.56. The van der Waals surface area contributed by atoms with E-state index in [4.69, 9.17) is 0 Å². The van der Waals surface area contributed by atoms with Crippen molar-refractivity contribution in [1.29, 1.82) is 0 Å². The molecule has 2 fully saturated rings. The predicted molar refractivity (Wildman–Crippen MR) is 82.6 cm³/mol. The summed E-state index contributed by atoms with van der Waals surface area (Å²) in [6, 6.07) is 1.67. The van der Waals surface area contributed by atoms with E-state index in [0.29, 0.717) is 0 Å². The highest BCUT2D eigenvalue weighted by molar-refractivity contribution is 4.80. The zero-order valence-corrected chi connectivity index (χ0v) is 13.0. The normalized spacial score (nSPS) is 26.5. The van der Waals surface area contributed by atoms with Crippen LogP contribution in [0.2, 0.25) is 0 Å². The van der Waals surface area contributed by atoms with Gasteiger partial charge >= 0.3 is 0 Å². The molecule has 0 bridgehead atoms. The Morgan fingerprint density at radius 1 is 1.11 bits per heavy atom. The Hall–Kier alpha value is -0.120. The smallest absolute Gasteiger partial charge is 0.0220 e. The van der Waals surface area contributed by atoms with Gasteiger partial charge in [-0.1, -0.05) is 13.3 Å². The highest BCUT2D eigenvalue weighted by Crippen LogP contribution is 2.18. The lowest BCUT2D eigenvalue weighted by Crippen LogP contribution is -2.40. The highest BCUT2D eigenvalue weighted by Gasteiger charge is 2.21. The molecule has 3 nitrogen and oxygen atoms in total. The minimum absolute atomic E-state index is 0.789. The Morgan fingerprint density at radius 3 is 2.68 bits per heavy atom. The highest BCUT2D eigenvalue weighted by atomic mass is 15.2. The van der Waals surface area contributed by atoms with E-state index in [0.717, 1.165) is 12.1 Å². The van der Waals surface area contributed by atoms with Gasteiger partial charge in [0.1, 0.15) is 0 Å². The fourth-order valence-electron chi connectivity index (χ4n) is 3.18. The van der Waals surface area contributed by atoms with Gasteiger partial charge in [0, 0.05) is 18.6 Å². The van der Waals surface area contributed by atoms with Gasteiger partial charge in [-0.2, -0.15) is 0 Å². The van der Waals surface area contributed by atoms with E-state index in [1.54, 1.807) is 0 Å². The molecule has 1 saturated carbocycles. The summed E-state index contributed by atoms with van der Waals surface area (Å²) in [5.74, 6) is 0. The monoisotopic (exact) mass is 267 g/mol. The first-order valence-corrected chi connectivity index (χ1v) is 8.45. The molecule has 1 heterocycles. The first-order chi connectivity index (χ1) is 9.29. The molecular weight excluding hydrogens is 234 g/mol. The maximum atomic E-state index is 3.61. The van der Waals surface area contributed by atoms with E-state index in [1.807, 2.05) is 0 Å². The van der Waals surface area contributed by atoms with E-state index >= 15 is 0 Å². The summed E-state index contributed by atoms with van der Waals surface area (Å²) in [4.78, 5) is 5.26. The van der Waals surface area contributed by atoms with E-state index in [-0.39, 0.29) is 0 Å². The van der Waals surface area contributed by atoms with Crippen LogP contribution in [0.25, 0.3) is 0 Å². The summed E-state index contributed by atoms with van der Waals surface area (Å²) in [5, 5.41) is 3.61. The molecule has 0 amide bonds. The van der Waals surface area contributed by atoms with Gasteiger partial charge < -0.3 is 10.2 Å². The van der Waals surface area contributed by atoms with Gasteiger partial charge in [0.2, 0.25) is 0 Å². The molecular formula is C16H33N3. The van der Waals surface area contributed by atoms with Crippen LogP contribution < -0.4 is 5.32 Å². The molecule has 1 saturated heterocycles. The second-order valence-electron chi connectivity index (χ2n) is 6.50. The lowest BCUT2D eigenvalue weighted by atomic mass is 10.1. The van der Waals surface area contributed by atoms with E-state index in [9.17, 15) is 0 Å². The number of unbranched alkanes of at least 4 members (excludes halogenated alkanes) is 2. The molecule has 1 aliphatic heterocycles. The van der Waals surface area contributed by atoms with Gasteiger partial charge in [-0.25, -0.2) is 0 Å². The molecule has 112 valence electrons. The second kappa shape index (κ2) is 8.23. The third-order valence-corrected chi connectivity index (χ3v) is 4.63. The van der Waals surface area contributed by atoms with Gasteiger partial charge in [-0.3, -0.25) is 4.90 Å². The summed E-state index contributed by atoms with van der Waals surface area (Å²) in [6.45, 7) is 8.75. The number of hydrogen-bond donors (Lipinski definition) is 1. The predicted octanol–water partition coefficient (Wildman–Crippen LogP) is 2.32. The minimum Gasteiger partial charge on any atom is -0.314 e. The SMILES string of the molecule is CCC1CN(C)CCCN1CCCCCNC1CC1. The molecule has 0 spiro atoms. The molecule has 1 aliphatic carbocycles. The van der Waals surface area contributed by atoms with E-state index in [1.165, 1.54) is 77.7 Å². The first-order valence-electron chi connectivity index (χ1n) is 8.45. The molecule has 0 aromatic rings. The van der Waals surface area contributed by atoms with Crippen molar-refractivity contribution in [2.45, 2.75) is 64.0 Å². The van der Waals surface area contributed by atoms with Crippen LogP contribution in [0.3, 0.4) is 0 Å². The Labute approximate surface area is 119 Å². The number of nitrogens with one attached hydrogen (secondary N) is 1. The van der Waals surface area contributed by atoms with E-state index in [2.05, 4.69) is 29.1 Å². The largest absolute Gasteiger partial charge is 0.314 e. The summed E-state index contributed by atoms with van der Waals surface area (Å²) >= 11 is 0. The summed E-state index contributed by atoms with van der Waals surface area (Å²) in [6.07, 6.45) is 9.61. The molecule has 1 N–H and O–H groups in total. The number of likely N-dealkylation sites (N-methyl/N-ethyl adjacent to an activating group) is 1. The fraction of sp³-hybridized carbons (Fsp3) is 1.00. The van der Waals surface area contributed by atoms with Crippen molar-refractivity contribution in [2.24, 2.45) is 0 Å². The van der Waals surface area contributed by atoms with Crippen molar-refractivity contribution in [2.75, 3.05) is 39.8 Å². The van der Waals surface area contributed by atoms with Crippen molar-refractivity contribution >= 4 is 0 Å². The molecule has 0 aromatic heterocycles. The van der Waals surface area contributed by atoms with Gasteiger partial charge in [0.05, 0.1) is 0 Å². The molecule has 0 radical (unpaired) electrons. The lowest BCUT2D eigenvalue weighted by Gasteiger charge is -2.30. The third kappa shape index (κ3) is 5.80. The standard InChI is InChI=1S/C16H33N3/c1-3-16-14-18(2)11-7-13-19(16)12-6-4-5-10-17-15-8-9-15/h15-17H,3-14H2,1-2H3. The molecule has 2 rings (SSSR count). The van der Waals surface area contributed by atoms with Gasteiger partial charge in [-0.05, 0) is 71.8 Å². The van der Waals surface area contributed by atoms with Crippen LogP contribution in [0.15, 0.2) is 0 Å². The molecule has 1 unspecified atom stereocenters. The molecule has 2 aliphatic rings. The summed E-state index contributed by atoms with van der Waals surface area (Å²) < 4.78 is 0. The van der Waals surface area contributed by atoms with Crippen LogP contribution in [-0.2, 0) is 0 Å². The van der Waals surface area contributed by atoms with Crippen LogP contribution in [0.1, 0.15) is 51.9 Å². The molecule has 3 heteroatoms. The van der Waals surface area contributed by atoms with Crippen LogP contribution in [0.5, 0.6) is 0 Å². The van der Waals surface area contributed by atoms with Gasteiger partial charge in [0.15, 0.2) is 0 Å². The lowest BCUT2D eigenvalue weighted by molar-refractivity contribution is 0.180. The quantitative estimate of drug-likeness (QED) is 0.681. The van der Waals surface area contributed by atoms with E-state index < -0.39 is 0 Å². The number of nitrogens with zero attached hydrogens (tertiary/aromatic N) is 2. The van der Waals surface area contributed by atoms with Crippen LogP contribution in [-0.4, -0.2) is 61.7 Å². The van der Waals surface area contributed by atoms with Crippen molar-refractivity contribution in [1.82, 2.24) is 15.1 Å². The average molecular weight is 267 g/mol. The van der Waals surface area contributed by atoms with Gasteiger partial charge in [-0.15, -0.1) is 0 Å². The second-order valence-corrected chi connectivity index (χ2v) is 6.50. The number of rotatable bonds is 8. The maximum Gasteiger partial charge on any atom is 0.0220 e. The molecule has 0 aromatic carbocycles. The fourth-order valence-corrected chi connectivity index (χ4v) is 3.18. The van der Waals surface area contributed by atoms with Crippen LogP contribution in [0, 0.1) is 0 Å².